The molecule has 4 aromatic rings. The van der Waals surface area contributed by atoms with E-state index in [0.717, 1.165) is 17.5 Å². The number of carbonyl (C=O) groups is 1. The molecule has 0 atom stereocenters. The minimum absolute atomic E-state index is 0.00856. The molecule has 27 heavy (non-hydrogen) atoms. The fourth-order valence-electron chi connectivity index (χ4n) is 2.98. The topological polar surface area (TPSA) is 52.0 Å². The van der Waals surface area contributed by atoms with Gasteiger partial charge in [-0.1, -0.05) is 36.8 Å². The molecule has 0 amide bonds. The van der Waals surface area contributed by atoms with E-state index < -0.39 is 0 Å². The lowest BCUT2D eigenvalue weighted by molar-refractivity contribution is 0.0974. The highest BCUT2D eigenvalue weighted by atomic mass is 32.1. The van der Waals surface area contributed by atoms with Crippen molar-refractivity contribution in [3.63, 3.8) is 0 Å². The lowest BCUT2D eigenvalue weighted by Crippen LogP contribution is -2.24. The summed E-state index contributed by atoms with van der Waals surface area (Å²) in [6.45, 7) is 4.10. The molecule has 0 aliphatic rings. The van der Waals surface area contributed by atoms with Crippen molar-refractivity contribution in [2.24, 2.45) is 0 Å². The quantitative estimate of drug-likeness (QED) is 0.451. The van der Waals surface area contributed by atoms with Crippen molar-refractivity contribution in [3.8, 4) is 11.1 Å². The smallest absolute Gasteiger partial charge is 0.263 e. The van der Waals surface area contributed by atoms with E-state index in [1.54, 1.807) is 0 Å². The van der Waals surface area contributed by atoms with Crippen LogP contribution in [0, 0.1) is 6.92 Å². The van der Waals surface area contributed by atoms with Gasteiger partial charge in [0.2, 0.25) is 0 Å². The van der Waals surface area contributed by atoms with Crippen molar-refractivity contribution in [3.05, 3.63) is 73.8 Å². The number of hydrogen-bond donors (Lipinski definition) is 0. The third-order valence-corrected chi connectivity index (χ3v) is 6.68. The Balaban J connectivity index is 1.73. The number of fused-ring (bicyclic) bond motifs is 1. The molecule has 0 aliphatic carbocycles. The molecule has 3 aromatic heterocycles. The SMILES string of the molecule is CCc1ccc(C(=O)Cn2cnc3scc(-c4ccc(C)cc4)c3c2=O)s1. The molecule has 6 heteroatoms. The van der Waals surface area contributed by atoms with E-state index in [2.05, 4.69) is 11.9 Å². The maximum absolute atomic E-state index is 13.1. The number of Topliss-reactive ketones (excluding diaryl/α,β-unsaturated/α-hetero) is 1. The summed E-state index contributed by atoms with van der Waals surface area (Å²) in [6.07, 6.45) is 2.38. The number of rotatable bonds is 5. The van der Waals surface area contributed by atoms with Crippen molar-refractivity contribution >= 4 is 38.7 Å². The van der Waals surface area contributed by atoms with Crippen molar-refractivity contribution in [1.82, 2.24) is 9.55 Å². The third kappa shape index (κ3) is 3.38. The predicted octanol–water partition coefficient (Wildman–Crippen LogP) is 4.94. The first kappa shape index (κ1) is 17.8. The third-order valence-electron chi connectivity index (χ3n) is 4.52. The van der Waals surface area contributed by atoms with Crippen molar-refractivity contribution in [2.75, 3.05) is 0 Å². The number of carbonyl (C=O) groups excluding carboxylic acids is 1. The lowest BCUT2D eigenvalue weighted by atomic mass is 10.1. The summed E-state index contributed by atoms with van der Waals surface area (Å²) in [5.74, 6) is -0.0601. The largest absolute Gasteiger partial charge is 0.291 e. The van der Waals surface area contributed by atoms with Crippen molar-refractivity contribution in [2.45, 2.75) is 26.8 Å². The highest BCUT2D eigenvalue weighted by molar-refractivity contribution is 7.17. The van der Waals surface area contributed by atoms with Crippen LogP contribution in [0.15, 0.2) is 52.9 Å². The zero-order valence-corrected chi connectivity index (χ0v) is 16.7. The molecular weight excluding hydrogens is 376 g/mol. The summed E-state index contributed by atoms with van der Waals surface area (Å²) in [4.78, 5) is 32.6. The van der Waals surface area contributed by atoms with E-state index in [-0.39, 0.29) is 17.9 Å². The average molecular weight is 395 g/mol. The van der Waals surface area contributed by atoms with Crippen LogP contribution in [0.25, 0.3) is 21.3 Å². The Morgan fingerprint density at radius 2 is 1.93 bits per heavy atom. The molecule has 0 spiro atoms. The van der Waals surface area contributed by atoms with E-state index in [1.807, 2.05) is 48.7 Å². The maximum Gasteiger partial charge on any atom is 0.263 e. The molecule has 136 valence electrons. The van der Waals surface area contributed by atoms with Crippen LogP contribution in [-0.4, -0.2) is 15.3 Å². The van der Waals surface area contributed by atoms with E-state index >= 15 is 0 Å². The first-order valence-electron chi connectivity index (χ1n) is 8.72. The second-order valence-corrected chi connectivity index (χ2v) is 8.44. The monoisotopic (exact) mass is 394 g/mol. The maximum atomic E-state index is 13.1. The van der Waals surface area contributed by atoms with Crippen LogP contribution in [0.5, 0.6) is 0 Å². The van der Waals surface area contributed by atoms with Gasteiger partial charge in [-0.25, -0.2) is 4.98 Å². The van der Waals surface area contributed by atoms with Crippen molar-refractivity contribution in [1.29, 1.82) is 0 Å². The Hall–Kier alpha value is -2.57. The molecule has 0 aliphatic heterocycles. The molecule has 0 fully saturated rings. The summed E-state index contributed by atoms with van der Waals surface area (Å²) in [6, 6.07) is 11.9. The highest BCUT2D eigenvalue weighted by Crippen LogP contribution is 2.30. The number of aromatic nitrogens is 2. The van der Waals surface area contributed by atoms with Crippen LogP contribution < -0.4 is 5.56 Å². The summed E-state index contributed by atoms with van der Waals surface area (Å²) >= 11 is 2.94. The first-order valence-corrected chi connectivity index (χ1v) is 10.4. The molecule has 1 aromatic carbocycles. The Morgan fingerprint density at radius 3 is 2.63 bits per heavy atom. The molecule has 0 saturated carbocycles. The number of thiophene rings is 2. The van der Waals surface area contributed by atoms with Crippen LogP contribution in [0.4, 0.5) is 0 Å². The second-order valence-electron chi connectivity index (χ2n) is 6.42. The molecule has 0 radical (unpaired) electrons. The standard InChI is InChI=1S/C21H18N2O2S2/c1-3-15-8-9-18(27-15)17(24)10-23-12-22-20-19(21(23)25)16(11-26-20)14-6-4-13(2)5-7-14/h4-9,11-12H,3,10H2,1-2H3. The number of aryl methyl sites for hydroxylation is 2. The van der Waals surface area contributed by atoms with Crippen LogP contribution in [0.3, 0.4) is 0 Å². The van der Waals surface area contributed by atoms with Crippen LogP contribution in [-0.2, 0) is 13.0 Å². The molecule has 0 unspecified atom stereocenters. The van der Waals surface area contributed by atoms with E-state index in [9.17, 15) is 9.59 Å². The summed E-state index contributed by atoms with van der Waals surface area (Å²) in [5, 5.41) is 2.54. The van der Waals surface area contributed by atoms with E-state index in [4.69, 9.17) is 0 Å². The Kier molecular flexibility index (Phi) is 4.76. The Labute approximate surface area is 164 Å². The van der Waals surface area contributed by atoms with Crippen LogP contribution in [0.2, 0.25) is 0 Å². The van der Waals surface area contributed by atoms with Gasteiger partial charge in [0.15, 0.2) is 5.78 Å². The Morgan fingerprint density at radius 1 is 1.15 bits per heavy atom. The fourth-order valence-corrected chi connectivity index (χ4v) is 4.76. The van der Waals surface area contributed by atoms with E-state index in [0.29, 0.717) is 15.1 Å². The normalized spacial score (nSPS) is 11.2. The summed E-state index contributed by atoms with van der Waals surface area (Å²) in [5.41, 5.74) is 2.86. The van der Waals surface area contributed by atoms with Gasteiger partial charge in [-0.3, -0.25) is 14.2 Å². The highest BCUT2D eigenvalue weighted by Gasteiger charge is 2.16. The molecule has 0 bridgehead atoms. The van der Waals surface area contributed by atoms with Gasteiger partial charge in [0.05, 0.1) is 23.1 Å². The van der Waals surface area contributed by atoms with E-state index in [1.165, 1.54) is 44.0 Å². The average Bonchev–Trinajstić information content (AvgIpc) is 3.32. The number of nitrogens with zero attached hydrogens (tertiary/aromatic N) is 2. The molecule has 3 heterocycles. The first-order chi connectivity index (χ1) is 13.1. The minimum atomic E-state index is -0.169. The summed E-state index contributed by atoms with van der Waals surface area (Å²) < 4.78 is 1.42. The molecule has 0 N–H and O–H groups in total. The van der Waals surface area contributed by atoms with Gasteiger partial charge >= 0.3 is 0 Å². The van der Waals surface area contributed by atoms with Gasteiger partial charge < -0.3 is 0 Å². The fraction of sp³-hybridized carbons (Fsp3) is 0.190. The molecule has 4 rings (SSSR count). The number of benzene rings is 1. The van der Waals surface area contributed by atoms with Crippen molar-refractivity contribution < 1.29 is 4.79 Å². The number of ketones is 1. The van der Waals surface area contributed by atoms with Gasteiger partial charge in [0, 0.05) is 15.8 Å². The van der Waals surface area contributed by atoms with Crippen LogP contribution >= 0.6 is 22.7 Å². The lowest BCUT2D eigenvalue weighted by Gasteiger charge is -2.05. The molecule has 0 saturated heterocycles. The molecular formula is C21H18N2O2S2. The summed E-state index contributed by atoms with van der Waals surface area (Å²) in [7, 11) is 0. The second kappa shape index (κ2) is 7.21. The number of hydrogen-bond acceptors (Lipinski definition) is 5. The predicted molar refractivity (Wildman–Crippen MR) is 112 cm³/mol. The van der Waals surface area contributed by atoms with Crippen LogP contribution in [0.1, 0.15) is 27.0 Å². The van der Waals surface area contributed by atoms with Gasteiger partial charge in [-0.2, -0.15) is 0 Å². The van der Waals surface area contributed by atoms with Gasteiger partial charge in [-0.05, 0) is 31.0 Å². The Bertz CT molecular complexity index is 1180. The minimum Gasteiger partial charge on any atom is -0.291 e. The molecule has 4 nitrogen and oxygen atoms in total. The zero-order chi connectivity index (χ0) is 19.0. The van der Waals surface area contributed by atoms with Gasteiger partial charge in [0.25, 0.3) is 5.56 Å². The van der Waals surface area contributed by atoms with Gasteiger partial charge in [-0.15, -0.1) is 22.7 Å². The zero-order valence-electron chi connectivity index (χ0n) is 15.1. The van der Waals surface area contributed by atoms with Gasteiger partial charge in [0.1, 0.15) is 4.83 Å².